The van der Waals surface area contributed by atoms with Gasteiger partial charge in [-0.2, -0.15) is 0 Å². The lowest BCUT2D eigenvalue weighted by molar-refractivity contribution is 0.0741. The van der Waals surface area contributed by atoms with Crippen molar-refractivity contribution in [1.29, 1.82) is 0 Å². The zero-order valence-corrected chi connectivity index (χ0v) is 13.3. The molecule has 1 aromatic heterocycles. The Kier molecular flexibility index (Phi) is 5.90. The number of amides is 1. The highest BCUT2D eigenvalue weighted by molar-refractivity contribution is 9.10. The Morgan fingerprint density at radius 3 is 2.67 bits per heavy atom. The van der Waals surface area contributed by atoms with E-state index in [1.165, 1.54) is 0 Å². The Hall–Kier alpha value is -1.72. The normalized spacial score (nSPS) is 10.4. The summed E-state index contributed by atoms with van der Waals surface area (Å²) < 4.78 is 0.798. The van der Waals surface area contributed by atoms with E-state index in [0.29, 0.717) is 25.2 Å². The average Bonchev–Trinajstić information content (AvgIpc) is 2.51. The molecule has 0 saturated carbocycles. The van der Waals surface area contributed by atoms with E-state index in [0.717, 1.165) is 16.5 Å². The number of carbonyl (C=O) groups excluding carboxylic acids is 1. The van der Waals surface area contributed by atoms with Crippen LogP contribution in [0, 0.1) is 0 Å². The summed E-state index contributed by atoms with van der Waals surface area (Å²) >= 11 is 3.35. The van der Waals surface area contributed by atoms with Gasteiger partial charge in [0.15, 0.2) is 0 Å². The molecule has 0 fully saturated rings. The summed E-state index contributed by atoms with van der Waals surface area (Å²) in [5.41, 5.74) is 7.26. The fraction of sp³-hybridized carbons (Fsp3) is 0.250. The fourth-order valence-corrected chi connectivity index (χ4v) is 2.41. The molecule has 1 aromatic carbocycles. The molecule has 2 rings (SSSR count). The second-order valence-electron chi connectivity index (χ2n) is 4.75. The van der Waals surface area contributed by atoms with Crippen LogP contribution in [0.3, 0.4) is 0 Å². The summed E-state index contributed by atoms with van der Waals surface area (Å²) in [6, 6.07) is 11.7. The maximum Gasteiger partial charge on any atom is 0.255 e. The Morgan fingerprint density at radius 2 is 2.00 bits per heavy atom. The van der Waals surface area contributed by atoms with Gasteiger partial charge in [-0.25, -0.2) is 0 Å². The molecule has 110 valence electrons. The van der Waals surface area contributed by atoms with Crippen LogP contribution in [0.2, 0.25) is 0 Å². The maximum atomic E-state index is 12.6. The summed E-state index contributed by atoms with van der Waals surface area (Å²) in [6.45, 7) is 1.78. The fourth-order valence-electron chi connectivity index (χ4n) is 2.05. The average molecular weight is 348 g/mol. The molecule has 2 aromatic rings. The van der Waals surface area contributed by atoms with Crippen LogP contribution < -0.4 is 5.73 Å². The van der Waals surface area contributed by atoms with E-state index < -0.39 is 0 Å². The van der Waals surface area contributed by atoms with Crippen LogP contribution >= 0.6 is 15.9 Å². The number of pyridine rings is 1. The third-order valence-corrected chi connectivity index (χ3v) is 3.52. The van der Waals surface area contributed by atoms with E-state index in [1.807, 2.05) is 35.2 Å². The Balaban J connectivity index is 2.17. The number of hydrogen-bond donors (Lipinski definition) is 1. The smallest absolute Gasteiger partial charge is 0.255 e. The first-order valence-electron chi connectivity index (χ1n) is 6.84. The first-order valence-corrected chi connectivity index (χ1v) is 7.64. The zero-order valence-electron chi connectivity index (χ0n) is 11.7. The number of hydrogen-bond acceptors (Lipinski definition) is 3. The highest BCUT2D eigenvalue weighted by Crippen LogP contribution is 2.14. The molecule has 0 radical (unpaired) electrons. The predicted molar refractivity (Wildman–Crippen MR) is 86.8 cm³/mol. The van der Waals surface area contributed by atoms with Crippen molar-refractivity contribution in [2.75, 3.05) is 13.1 Å². The van der Waals surface area contributed by atoms with Gasteiger partial charge in [0.1, 0.15) is 0 Å². The van der Waals surface area contributed by atoms with Gasteiger partial charge in [-0.05, 0) is 40.5 Å². The Morgan fingerprint density at radius 1 is 1.24 bits per heavy atom. The van der Waals surface area contributed by atoms with Gasteiger partial charge in [-0.3, -0.25) is 9.78 Å². The molecule has 21 heavy (non-hydrogen) atoms. The number of aromatic nitrogens is 1. The summed E-state index contributed by atoms with van der Waals surface area (Å²) in [5, 5.41) is 0. The highest BCUT2D eigenvalue weighted by atomic mass is 79.9. The van der Waals surface area contributed by atoms with E-state index in [1.54, 1.807) is 18.5 Å². The van der Waals surface area contributed by atoms with Gasteiger partial charge in [-0.1, -0.05) is 30.3 Å². The summed E-state index contributed by atoms with van der Waals surface area (Å²) in [7, 11) is 0. The maximum absolute atomic E-state index is 12.6. The lowest BCUT2D eigenvalue weighted by Crippen LogP contribution is -2.32. The molecule has 0 spiro atoms. The first-order chi connectivity index (χ1) is 10.2. The van der Waals surface area contributed by atoms with Crippen LogP contribution in [0.1, 0.15) is 22.3 Å². The molecule has 0 bridgehead atoms. The molecule has 0 unspecified atom stereocenters. The monoisotopic (exact) mass is 347 g/mol. The van der Waals surface area contributed by atoms with Crippen LogP contribution in [0.15, 0.2) is 53.3 Å². The Labute approximate surface area is 133 Å². The second kappa shape index (κ2) is 7.90. The van der Waals surface area contributed by atoms with Gasteiger partial charge < -0.3 is 10.6 Å². The quantitative estimate of drug-likeness (QED) is 0.873. The lowest BCUT2D eigenvalue weighted by Gasteiger charge is -2.22. The van der Waals surface area contributed by atoms with Crippen molar-refractivity contribution in [2.24, 2.45) is 5.73 Å². The van der Waals surface area contributed by atoms with Crippen molar-refractivity contribution >= 4 is 21.8 Å². The molecule has 0 atom stereocenters. The minimum absolute atomic E-state index is 0.0268. The van der Waals surface area contributed by atoms with Crippen molar-refractivity contribution in [2.45, 2.75) is 13.0 Å². The number of carbonyl (C=O) groups is 1. The molecule has 1 amide bonds. The molecular formula is C16H18BrN3O. The van der Waals surface area contributed by atoms with E-state index >= 15 is 0 Å². The Bertz CT molecular complexity index is 589. The largest absolute Gasteiger partial charge is 0.334 e. The van der Waals surface area contributed by atoms with Crippen LogP contribution in [0.25, 0.3) is 0 Å². The van der Waals surface area contributed by atoms with E-state index in [4.69, 9.17) is 5.73 Å². The number of nitrogens with zero attached hydrogens (tertiary/aromatic N) is 2. The number of halogens is 1. The molecule has 0 aliphatic heterocycles. The van der Waals surface area contributed by atoms with Gasteiger partial charge in [0.25, 0.3) is 5.91 Å². The summed E-state index contributed by atoms with van der Waals surface area (Å²) in [6.07, 6.45) is 4.03. The van der Waals surface area contributed by atoms with Gasteiger partial charge in [0.05, 0.1) is 5.56 Å². The summed E-state index contributed by atoms with van der Waals surface area (Å²) in [5.74, 6) is -0.0268. The molecule has 4 nitrogen and oxygen atoms in total. The van der Waals surface area contributed by atoms with Gasteiger partial charge >= 0.3 is 0 Å². The molecule has 5 heteroatoms. The van der Waals surface area contributed by atoms with E-state index in [9.17, 15) is 4.79 Å². The number of nitrogens with two attached hydrogens (primary N) is 1. The third-order valence-electron chi connectivity index (χ3n) is 3.09. The van der Waals surface area contributed by atoms with Crippen LogP contribution in [-0.2, 0) is 6.54 Å². The lowest BCUT2D eigenvalue weighted by atomic mass is 10.1. The van der Waals surface area contributed by atoms with Crippen molar-refractivity contribution in [3.63, 3.8) is 0 Å². The topological polar surface area (TPSA) is 59.2 Å². The van der Waals surface area contributed by atoms with Crippen LogP contribution in [-0.4, -0.2) is 28.9 Å². The zero-order chi connectivity index (χ0) is 15.1. The van der Waals surface area contributed by atoms with Gasteiger partial charge in [-0.15, -0.1) is 0 Å². The molecule has 1 heterocycles. The van der Waals surface area contributed by atoms with Crippen molar-refractivity contribution in [1.82, 2.24) is 9.88 Å². The van der Waals surface area contributed by atoms with Crippen LogP contribution in [0.5, 0.6) is 0 Å². The molecule has 0 aliphatic rings. The minimum atomic E-state index is -0.0268. The minimum Gasteiger partial charge on any atom is -0.334 e. The molecule has 0 aliphatic carbocycles. The van der Waals surface area contributed by atoms with Crippen molar-refractivity contribution in [3.05, 3.63) is 64.4 Å². The number of benzene rings is 1. The standard InChI is InChI=1S/C16H18BrN3O/c17-15-9-14(10-19-11-15)16(21)20(8-4-7-18)12-13-5-2-1-3-6-13/h1-3,5-6,9-11H,4,7-8,12,18H2. The first kappa shape index (κ1) is 15.7. The van der Waals surface area contributed by atoms with E-state index in [2.05, 4.69) is 20.9 Å². The summed E-state index contributed by atoms with van der Waals surface area (Å²) in [4.78, 5) is 18.5. The second-order valence-corrected chi connectivity index (χ2v) is 5.66. The van der Waals surface area contributed by atoms with Crippen LogP contribution in [0.4, 0.5) is 0 Å². The SMILES string of the molecule is NCCCN(Cc1ccccc1)C(=O)c1cncc(Br)c1. The third kappa shape index (κ3) is 4.65. The molecule has 2 N–H and O–H groups in total. The van der Waals surface area contributed by atoms with Crippen molar-refractivity contribution in [3.8, 4) is 0 Å². The number of rotatable bonds is 6. The van der Waals surface area contributed by atoms with Gasteiger partial charge in [0, 0.05) is 30.0 Å². The highest BCUT2D eigenvalue weighted by Gasteiger charge is 2.16. The van der Waals surface area contributed by atoms with E-state index in [-0.39, 0.29) is 5.91 Å². The van der Waals surface area contributed by atoms with Gasteiger partial charge in [0.2, 0.25) is 0 Å². The molecular weight excluding hydrogens is 330 g/mol. The predicted octanol–water partition coefficient (Wildman–Crippen LogP) is 2.84. The van der Waals surface area contributed by atoms with Crippen molar-refractivity contribution < 1.29 is 4.79 Å². The molecule has 0 saturated heterocycles.